The van der Waals surface area contributed by atoms with Gasteiger partial charge in [-0.3, -0.25) is 0 Å². The molecule has 20 rings (SSSR count). The quantitative estimate of drug-likeness (QED) is 0.176. The van der Waals surface area contributed by atoms with Crippen LogP contribution in [0.3, 0.4) is 0 Å². The van der Waals surface area contributed by atoms with E-state index in [2.05, 4.69) is 287 Å². The van der Waals surface area contributed by atoms with Crippen LogP contribution in [0.5, 0.6) is 0 Å². The minimum Gasteiger partial charge on any atom is -0.456 e. The van der Waals surface area contributed by atoms with Gasteiger partial charge in [-0.05, 0) is 221 Å². The van der Waals surface area contributed by atoms with Crippen LogP contribution >= 0.6 is 0 Å². The van der Waals surface area contributed by atoms with E-state index in [1.807, 2.05) is 0 Å². The Balaban J connectivity index is 0.774. The number of hydrogen-bond acceptors (Lipinski definition) is 4. The van der Waals surface area contributed by atoms with Gasteiger partial charge < -0.3 is 18.2 Å². The molecule has 0 aliphatic heterocycles. The topological polar surface area (TPSA) is 42.7 Å². The summed E-state index contributed by atoms with van der Waals surface area (Å²) in [5, 5.41) is 7.11. The average molecular weight is 1190 g/mol. The number of para-hydroxylation sites is 3. The van der Waals surface area contributed by atoms with Crippen LogP contribution in [0.25, 0.3) is 133 Å². The summed E-state index contributed by atoms with van der Waals surface area (Å²) < 4.78 is 20.1. The lowest BCUT2D eigenvalue weighted by Gasteiger charge is -2.31. The maximum Gasteiger partial charge on any atom is 0.143 e. The first-order valence-corrected chi connectivity index (χ1v) is 32.9. The summed E-state index contributed by atoms with van der Waals surface area (Å²) >= 11 is 0. The Morgan fingerprint density at radius 3 is 1.11 bits per heavy atom. The Bertz CT molecular complexity index is 5670. The molecule has 5 aliphatic carbocycles. The van der Waals surface area contributed by atoms with Gasteiger partial charge in [0.05, 0.1) is 0 Å². The van der Waals surface area contributed by atoms with Crippen molar-refractivity contribution < 1.29 is 13.3 Å². The summed E-state index contributed by atoms with van der Waals surface area (Å²) in [4.78, 5) is 2.57. The number of aryl methyl sites for hydroxylation is 1. The Kier molecular flexibility index (Phi) is 9.75. The van der Waals surface area contributed by atoms with Gasteiger partial charge >= 0.3 is 0 Å². The van der Waals surface area contributed by atoms with Gasteiger partial charge in [0.15, 0.2) is 0 Å². The van der Waals surface area contributed by atoms with Gasteiger partial charge in [0.25, 0.3) is 0 Å². The van der Waals surface area contributed by atoms with Crippen molar-refractivity contribution in [3.8, 4) is 66.8 Å². The van der Waals surface area contributed by atoms with Gasteiger partial charge in [-0.25, -0.2) is 0 Å². The zero-order valence-electron chi connectivity index (χ0n) is 53.8. The number of nitrogens with zero attached hydrogens (tertiary/aromatic N) is 1. The van der Waals surface area contributed by atoms with E-state index in [1.54, 1.807) is 0 Å². The molecule has 0 spiro atoms. The molecule has 0 fully saturated rings. The molecule has 0 saturated heterocycles. The van der Waals surface area contributed by atoms with Crippen LogP contribution in [0.4, 0.5) is 17.1 Å². The monoisotopic (exact) mass is 1190 g/mol. The highest BCUT2D eigenvalue weighted by molar-refractivity contribution is 6.20. The third-order valence-corrected chi connectivity index (χ3v) is 23.3. The van der Waals surface area contributed by atoms with Gasteiger partial charge in [-0.2, -0.15) is 0 Å². The van der Waals surface area contributed by atoms with Crippen LogP contribution in [-0.4, -0.2) is 0 Å². The molecule has 4 heteroatoms. The second kappa shape index (κ2) is 17.1. The van der Waals surface area contributed by atoms with Crippen molar-refractivity contribution in [2.45, 2.75) is 103 Å². The molecule has 0 N–H and O–H groups in total. The first-order valence-electron chi connectivity index (χ1n) is 32.9. The molecule has 3 aromatic heterocycles. The minimum absolute atomic E-state index is 0.210. The fraction of sp³-hybridized carbons (Fsp3) is 0.182. The summed E-state index contributed by atoms with van der Waals surface area (Å²) in [6.45, 7) is 26.4. The second-order valence-corrected chi connectivity index (χ2v) is 30.0. The molecule has 0 amide bonds. The van der Waals surface area contributed by atoms with Gasteiger partial charge in [0.2, 0.25) is 0 Å². The summed E-state index contributed by atoms with van der Waals surface area (Å²) in [5.74, 6) is 0. The SMILES string of the molecule is Cc1ccc(-c2cc3c(c4c2oc2ccccc24)-c2ccc(N(c4ccc5c(c4)C(C)(C)c4cc6c(cc4-5)C(C)(C)c4ccc5oc7ccccc7c5c4-6)c4ccc5c(c4)C(C)(C)c4cc6c(cc4-5)C(C)(C)c4ccc5oc7ccccc7c5c4-6)cc2C3(C)C)cc1. The third kappa shape index (κ3) is 6.43. The van der Waals surface area contributed by atoms with Crippen LogP contribution in [0.15, 0.2) is 220 Å². The molecule has 12 aromatic carbocycles. The van der Waals surface area contributed by atoms with Crippen molar-refractivity contribution >= 4 is 82.9 Å². The van der Waals surface area contributed by atoms with E-state index in [0.29, 0.717) is 0 Å². The van der Waals surface area contributed by atoms with Crippen molar-refractivity contribution in [1.82, 2.24) is 0 Å². The Hall–Kier alpha value is -10.2. The lowest BCUT2D eigenvalue weighted by Crippen LogP contribution is -2.19. The van der Waals surface area contributed by atoms with Crippen molar-refractivity contribution in [1.29, 1.82) is 0 Å². The predicted octanol–water partition coefficient (Wildman–Crippen LogP) is 24.4. The standard InChI is InChI=1S/C88H67NO3/c1-46-24-26-47(27-25-46)57-41-71-77(82-56-20-14-17-23-74(56)92-83(57)82)53-33-30-50(40-66(53)88(71,10)11)89(48-28-31-51-58-42-69-60(44-67(58)86(6,7)64(51)38-48)78-62(84(69,2)3)34-36-75-80(78)54-18-12-15-21-72(54)90-75)49-29-32-52-59-43-70-61(45-68(59)87(8,9)65(52)39-49)79-63(85(70,4)5)35-37-76-81(79)55-19-13-16-22-73(55)91-76/h12-45H,1-11H3. The van der Waals surface area contributed by atoms with Crippen molar-refractivity contribution in [3.05, 3.63) is 267 Å². The average Bonchev–Trinajstić information content (AvgIpc) is 1.54. The number of rotatable bonds is 4. The van der Waals surface area contributed by atoms with Crippen LogP contribution < -0.4 is 4.90 Å². The highest BCUT2D eigenvalue weighted by Crippen LogP contribution is 2.63. The molecule has 5 aliphatic rings. The number of hydrogen-bond donors (Lipinski definition) is 0. The van der Waals surface area contributed by atoms with Gasteiger partial charge in [0.1, 0.15) is 33.5 Å². The smallest absolute Gasteiger partial charge is 0.143 e. The molecule has 0 saturated carbocycles. The maximum absolute atomic E-state index is 6.95. The first-order chi connectivity index (χ1) is 44.3. The van der Waals surface area contributed by atoms with Crippen LogP contribution in [0, 0.1) is 6.92 Å². The van der Waals surface area contributed by atoms with E-state index in [-0.39, 0.29) is 27.1 Å². The highest BCUT2D eigenvalue weighted by Gasteiger charge is 2.46. The van der Waals surface area contributed by atoms with E-state index in [4.69, 9.17) is 13.3 Å². The molecular weight excluding hydrogens is 1120 g/mol. The molecule has 4 nitrogen and oxygen atoms in total. The summed E-state index contributed by atoms with van der Waals surface area (Å²) in [6.07, 6.45) is 0. The van der Waals surface area contributed by atoms with Crippen LogP contribution in [0.2, 0.25) is 0 Å². The molecule has 0 unspecified atom stereocenters. The molecule has 3 heterocycles. The number of furan rings is 3. The summed E-state index contributed by atoms with van der Waals surface area (Å²) in [5.41, 5.74) is 37.6. The number of fused-ring (bicyclic) bond motifs is 27. The largest absolute Gasteiger partial charge is 0.456 e. The molecule has 15 aromatic rings. The van der Waals surface area contributed by atoms with Gasteiger partial charge in [0, 0.05) is 82.0 Å². The molecular formula is C88H67NO3. The van der Waals surface area contributed by atoms with Crippen molar-refractivity contribution in [2.24, 2.45) is 0 Å². The molecule has 0 bridgehead atoms. The lowest BCUT2D eigenvalue weighted by atomic mass is 9.79. The van der Waals surface area contributed by atoms with Crippen LogP contribution in [-0.2, 0) is 27.1 Å². The zero-order chi connectivity index (χ0) is 62.2. The van der Waals surface area contributed by atoms with Gasteiger partial charge in [-0.1, -0.05) is 184 Å². The van der Waals surface area contributed by atoms with E-state index in [0.717, 1.165) is 67.1 Å². The third-order valence-electron chi connectivity index (χ3n) is 23.3. The Labute approximate surface area is 535 Å². The normalized spacial score (nSPS) is 16.4. The predicted molar refractivity (Wildman–Crippen MR) is 381 cm³/mol. The van der Waals surface area contributed by atoms with Crippen molar-refractivity contribution in [2.75, 3.05) is 4.90 Å². The minimum atomic E-state index is -0.357. The Morgan fingerprint density at radius 2 is 0.620 bits per heavy atom. The van der Waals surface area contributed by atoms with E-state index >= 15 is 0 Å². The Morgan fingerprint density at radius 1 is 0.261 bits per heavy atom. The summed E-state index contributed by atoms with van der Waals surface area (Å²) in [7, 11) is 0. The maximum atomic E-state index is 6.95. The van der Waals surface area contributed by atoms with E-state index in [9.17, 15) is 0 Å². The molecule has 442 valence electrons. The van der Waals surface area contributed by atoms with E-state index < -0.39 is 0 Å². The highest BCUT2D eigenvalue weighted by atomic mass is 16.3. The van der Waals surface area contributed by atoms with Gasteiger partial charge in [-0.15, -0.1) is 0 Å². The van der Waals surface area contributed by atoms with Crippen molar-refractivity contribution in [3.63, 3.8) is 0 Å². The number of benzene rings is 12. The fourth-order valence-corrected chi connectivity index (χ4v) is 18.4. The molecule has 92 heavy (non-hydrogen) atoms. The zero-order valence-corrected chi connectivity index (χ0v) is 53.8. The van der Waals surface area contributed by atoms with Crippen LogP contribution in [0.1, 0.15) is 130 Å². The molecule has 0 radical (unpaired) electrons. The molecule has 0 atom stereocenters. The fourth-order valence-electron chi connectivity index (χ4n) is 18.4. The summed E-state index contributed by atoms with van der Waals surface area (Å²) in [6, 6.07) is 78.3. The van der Waals surface area contributed by atoms with E-state index in [1.165, 1.54) is 144 Å². The second-order valence-electron chi connectivity index (χ2n) is 30.0. The first kappa shape index (κ1) is 52.6. The lowest BCUT2D eigenvalue weighted by molar-refractivity contribution is 0.650. The number of anilines is 3.